The molecule has 0 aliphatic heterocycles. The first-order valence-electron chi connectivity index (χ1n) is 5.14. The third-order valence-electron chi connectivity index (χ3n) is 2.59. The number of ether oxygens (including phenoxy) is 1. The molecular formula is C10H19NO2. The van der Waals surface area contributed by atoms with Crippen LogP contribution in [0.4, 0.5) is 0 Å². The minimum Gasteiger partial charge on any atom is -0.462 e. The summed E-state index contributed by atoms with van der Waals surface area (Å²) in [5, 5.41) is 0. The van der Waals surface area contributed by atoms with Gasteiger partial charge in [-0.3, -0.25) is 4.79 Å². The van der Waals surface area contributed by atoms with E-state index in [0.29, 0.717) is 6.54 Å². The van der Waals surface area contributed by atoms with Crippen LogP contribution in [0.15, 0.2) is 0 Å². The second-order valence-corrected chi connectivity index (χ2v) is 3.82. The van der Waals surface area contributed by atoms with Crippen molar-refractivity contribution in [2.45, 2.75) is 45.1 Å². The molecule has 1 aliphatic carbocycles. The molecule has 2 N–H and O–H groups in total. The molecule has 0 aromatic heterocycles. The van der Waals surface area contributed by atoms with Gasteiger partial charge in [0.25, 0.3) is 0 Å². The second kappa shape index (κ2) is 5.22. The Labute approximate surface area is 79.6 Å². The summed E-state index contributed by atoms with van der Waals surface area (Å²) in [4.78, 5) is 11.4. The lowest BCUT2D eigenvalue weighted by atomic mass is 10.1. The van der Waals surface area contributed by atoms with E-state index in [4.69, 9.17) is 10.5 Å². The Morgan fingerprint density at radius 3 is 2.69 bits per heavy atom. The first kappa shape index (κ1) is 10.5. The van der Waals surface area contributed by atoms with E-state index in [-0.39, 0.29) is 18.0 Å². The number of esters is 1. The maximum atomic E-state index is 11.4. The Hall–Kier alpha value is -0.570. The molecule has 0 heterocycles. The third-order valence-corrected chi connectivity index (χ3v) is 2.59. The Balaban J connectivity index is 2.22. The van der Waals surface area contributed by atoms with Gasteiger partial charge in [-0.2, -0.15) is 0 Å². The van der Waals surface area contributed by atoms with Crippen molar-refractivity contribution in [1.82, 2.24) is 0 Å². The van der Waals surface area contributed by atoms with Crippen LogP contribution in [0.2, 0.25) is 0 Å². The number of hydrogen-bond donors (Lipinski definition) is 1. The van der Waals surface area contributed by atoms with Crippen LogP contribution < -0.4 is 5.73 Å². The predicted octanol–water partition coefficient (Wildman–Crippen LogP) is 1.46. The molecule has 1 atom stereocenters. The minimum absolute atomic E-state index is 0.0365. The van der Waals surface area contributed by atoms with Gasteiger partial charge in [0.2, 0.25) is 0 Å². The average molecular weight is 185 g/mol. The van der Waals surface area contributed by atoms with Gasteiger partial charge in [-0.1, -0.05) is 6.92 Å². The first-order chi connectivity index (χ1) is 6.24. The maximum Gasteiger partial charge on any atom is 0.308 e. The summed E-state index contributed by atoms with van der Waals surface area (Å²) < 4.78 is 5.33. The van der Waals surface area contributed by atoms with Crippen molar-refractivity contribution in [3.8, 4) is 0 Å². The molecule has 76 valence electrons. The highest BCUT2D eigenvalue weighted by Crippen LogP contribution is 2.22. The lowest BCUT2D eigenvalue weighted by molar-refractivity contribution is -0.153. The highest BCUT2D eigenvalue weighted by molar-refractivity contribution is 5.72. The fraction of sp³-hybridized carbons (Fsp3) is 0.900. The Kier molecular flexibility index (Phi) is 4.22. The highest BCUT2D eigenvalue weighted by atomic mass is 16.5. The summed E-state index contributed by atoms with van der Waals surface area (Å²) in [5.41, 5.74) is 5.37. The summed E-state index contributed by atoms with van der Waals surface area (Å²) in [6, 6.07) is 0. The summed E-state index contributed by atoms with van der Waals surface area (Å²) >= 11 is 0. The molecular weight excluding hydrogens is 166 g/mol. The van der Waals surface area contributed by atoms with Crippen molar-refractivity contribution in [3.05, 3.63) is 0 Å². The summed E-state index contributed by atoms with van der Waals surface area (Å²) in [5.74, 6) is -0.108. The Morgan fingerprint density at radius 1 is 1.54 bits per heavy atom. The molecule has 13 heavy (non-hydrogen) atoms. The molecule has 0 radical (unpaired) electrons. The highest BCUT2D eigenvalue weighted by Gasteiger charge is 2.21. The van der Waals surface area contributed by atoms with Crippen LogP contribution in [0, 0.1) is 5.92 Å². The molecule has 1 unspecified atom stereocenters. The zero-order valence-corrected chi connectivity index (χ0v) is 8.29. The number of nitrogens with two attached hydrogens (primary N) is 1. The van der Waals surface area contributed by atoms with Gasteiger partial charge in [-0.15, -0.1) is 0 Å². The summed E-state index contributed by atoms with van der Waals surface area (Å²) in [6.07, 6.45) is 5.40. The van der Waals surface area contributed by atoms with Crippen molar-refractivity contribution >= 4 is 5.97 Å². The van der Waals surface area contributed by atoms with Crippen molar-refractivity contribution in [1.29, 1.82) is 0 Å². The van der Waals surface area contributed by atoms with E-state index >= 15 is 0 Å². The van der Waals surface area contributed by atoms with E-state index in [2.05, 4.69) is 0 Å². The Bertz CT molecular complexity index is 164. The Morgan fingerprint density at radius 2 is 2.15 bits per heavy atom. The van der Waals surface area contributed by atoms with E-state index in [0.717, 1.165) is 19.3 Å². The molecule has 1 fully saturated rings. The van der Waals surface area contributed by atoms with Gasteiger partial charge in [0.15, 0.2) is 0 Å². The molecule has 1 rings (SSSR count). The monoisotopic (exact) mass is 185 g/mol. The van der Waals surface area contributed by atoms with Crippen molar-refractivity contribution in [2.24, 2.45) is 11.7 Å². The van der Waals surface area contributed by atoms with Gasteiger partial charge in [-0.25, -0.2) is 0 Å². The van der Waals surface area contributed by atoms with Crippen molar-refractivity contribution in [2.75, 3.05) is 6.54 Å². The van der Waals surface area contributed by atoms with E-state index in [9.17, 15) is 4.79 Å². The molecule has 0 saturated heterocycles. The van der Waals surface area contributed by atoms with Gasteiger partial charge in [0.1, 0.15) is 6.10 Å². The molecule has 3 heteroatoms. The lowest BCUT2D eigenvalue weighted by Crippen LogP contribution is -2.22. The first-order valence-corrected chi connectivity index (χ1v) is 5.14. The summed E-state index contributed by atoms with van der Waals surface area (Å²) in [7, 11) is 0. The van der Waals surface area contributed by atoms with E-state index in [1.54, 1.807) is 0 Å². The summed E-state index contributed by atoms with van der Waals surface area (Å²) in [6.45, 7) is 2.44. The second-order valence-electron chi connectivity index (χ2n) is 3.82. The molecule has 0 spiro atoms. The maximum absolute atomic E-state index is 11.4. The lowest BCUT2D eigenvalue weighted by Gasteiger charge is -2.14. The van der Waals surface area contributed by atoms with Crippen LogP contribution in [0.1, 0.15) is 39.0 Å². The molecule has 1 saturated carbocycles. The largest absolute Gasteiger partial charge is 0.462 e. The van der Waals surface area contributed by atoms with E-state index < -0.39 is 0 Å². The molecule has 1 aliphatic rings. The average Bonchev–Trinajstić information content (AvgIpc) is 2.57. The number of carbonyl (C=O) groups is 1. The SMILES string of the molecule is CC(CCN)C(=O)OC1CCCC1. The van der Waals surface area contributed by atoms with Crippen LogP contribution in [-0.4, -0.2) is 18.6 Å². The van der Waals surface area contributed by atoms with Crippen LogP contribution in [-0.2, 0) is 9.53 Å². The number of carbonyl (C=O) groups excluding carboxylic acids is 1. The standard InChI is InChI=1S/C10H19NO2/c1-8(6-7-11)10(12)13-9-4-2-3-5-9/h8-9H,2-7,11H2,1H3. The molecule has 3 nitrogen and oxygen atoms in total. The zero-order chi connectivity index (χ0) is 9.68. The molecule has 0 aromatic carbocycles. The fourth-order valence-corrected chi connectivity index (χ4v) is 1.65. The number of rotatable bonds is 4. The predicted molar refractivity (Wildman–Crippen MR) is 51.2 cm³/mol. The van der Waals surface area contributed by atoms with E-state index in [1.165, 1.54) is 12.8 Å². The van der Waals surface area contributed by atoms with Crippen LogP contribution in [0.25, 0.3) is 0 Å². The molecule has 0 bridgehead atoms. The van der Waals surface area contributed by atoms with Crippen LogP contribution in [0.3, 0.4) is 0 Å². The fourth-order valence-electron chi connectivity index (χ4n) is 1.65. The van der Waals surface area contributed by atoms with Crippen LogP contribution in [0.5, 0.6) is 0 Å². The number of hydrogen-bond acceptors (Lipinski definition) is 3. The normalized spacial score (nSPS) is 20.2. The van der Waals surface area contributed by atoms with Crippen molar-refractivity contribution < 1.29 is 9.53 Å². The van der Waals surface area contributed by atoms with Crippen LogP contribution >= 0.6 is 0 Å². The van der Waals surface area contributed by atoms with Gasteiger partial charge < -0.3 is 10.5 Å². The zero-order valence-electron chi connectivity index (χ0n) is 8.29. The molecule has 0 amide bonds. The van der Waals surface area contributed by atoms with Gasteiger partial charge in [0, 0.05) is 0 Å². The van der Waals surface area contributed by atoms with Gasteiger partial charge in [-0.05, 0) is 38.6 Å². The van der Waals surface area contributed by atoms with Gasteiger partial charge in [0.05, 0.1) is 5.92 Å². The quantitative estimate of drug-likeness (QED) is 0.674. The van der Waals surface area contributed by atoms with Gasteiger partial charge >= 0.3 is 5.97 Å². The smallest absolute Gasteiger partial charge is 0.308 e. The van der Waals surface area contributed by atoms with Crippen molar-refractivity contribution in [3.63, 3.8) is 0 Å². The third kappa shape index (κ3) is 3.35. The molecule has 0 aromatic rings. The topological polar surface area (TPSA) is 52.3 Å². The minimum atomic E-state index is -0.0719. The van der Waals surface area contributed by atoms with E-state index in [1.807, 2.05) is 6.92 Å².